The van der Waals surface area contributed by atoms with Crippen LogP contribution in [0.4, 0.5) is 0 Å². The Labute approximate surface area is 220 Å². The molecule has 7 nitrogen and oxygen atoms in total. The smallest absolute Gasteiger partial charge is 0.400 e. The van der Waals surface area contributed by atoms with Gasteiger partial charge in [-0.1, -0.05) is 73.1 Å². The summed E-state index contributed by atoms with van der Waals surface area (Å²) in [6.07, 6.45) is 4.37. The van der Waals surface area contributed by atoms with Crippen LogP contribution in [0.15, 0.2) is 71.7 Å². The highest BCUT2D eigenvalue weighted by atomic mass is 35.5. The fraction of sp³-hybridized carbons (Fsp3) is 0.345. The Bertz CT molecular complexity index is 1340. The van der Waals surface area contributed by atoms with Crippen LogP contribution in [-0.4, -0.2) is 34.3 Å². The minimum atomic E-state index is -1.54. The number of nitrogens with zero attached hydrogens (tertiary/aromatic N) is 1. The summed E-state index contributed by atoms with van der Waals surface area (Å²) >= 11 is 6.08. The molecule has 1 spiro atoms. The van der Waals surface area contributed by atoms with Crippen molar-refractivity contribution in [2.24, 2.45) is 5.92 Å². The molecule has 2 atom stereocenters. The van der Waals surface area contributed by atoms with E-state index in [1.54, 1.807) is 11.0 Å². The summed E-state index contributed by atoms with van der Waals surface area (Å²) in [7, 11) is 0. The second kappa shape index (κ2) is 10.5. The van der Waals surface area contributed by atoms with Crippen molar-refractivity contribution >= 4 is 23.5 Å². The van der Waals surface area contributed by atoms with Crippen molar-refractivity contribution in [3.05, 3.63) is 104 Å². The first-order chi connectivity index (χ1) is 17.8. The largest absolute Gasteiger partial charge is 0.421 e. The minimum Gasteiger partial charge on any atom is -0.400 e. The topological polar surface area (TPSA) is 88.7 Å². The standard InChI is InChI=1S/C29H29ClN2O5/c1-19(25-10-6-5-9-21(25)12-11-20-7-3-2-4-8-20)22-13-14-32(18-23-15-24(30)17-31-26(23)33)29(16-22)36-27(34)28(35)37-29/h2-10,15,17,19,22H,11-14,16,18H2,1H3,(H,31,33). The normalized spacial score (nSPS) is 20.0. The zero-order chi connectivity index (χ0) is 26.0. The van der Waals surface area contributed by atoms with Crippen molar-refractivity contribution in [1.29, 1.82) is 0 Å². The van der Waals surface area contributed by atoms with Gasteiger partial charge in [0.05, 0.1) is 5.02 Å². The van der Waals surface area contributed by atoms with Crippen molar-refractivity contribution in [2.75, 3.05) is 6.54 Å². The second-order valence-electron chi connectivity index (χ2n) is 9.81. The molecule has 2 fully saturated rings. The molecule has 2 aliphatic heterocycles. The summed E-state index contributed by atoms with van der Waals surface area (Å²) in [5.74, 6) is -3.34. The molecule has 5 rings (SSSR count). The number of nitrogens with one attached hydrogen (secondary N) is 1. The second-order valence-corrected chi connectivity index (χ2v) is 10.2. The molecule has 0 amide bonds. The number of benzene rings is 2. The van der Waals surface area contributed by atoms with Gasteiger partial charge in [0.2, 0.25) is 0 Å². The number of rotatable bonds is 7. The maximum Gasteiger partial charge on any atom is 0.421 e. The predicted octanol–water partition coefficient (Wildman–Crippen LogP) is 4.58. The first kappa shape index (κ1) is 25.2. The Hall–Kier alpha value is -3.42. The molecule has 2 aliphatic rings. The van der Waals surface area contributed by atoms with Gasteiger partial charge in [-0.15, -0.1) is 0 Å². The maximum absolute atomic E-state index is 12.4. The number of aromatic nitrogens is 1. The van der Waals surface area contributed by atoms with Crippen LogP contribution in [0.3, 0.4) is 0 Å². The number of esters is 2. The zero-order valence-electron chi connectivity index (χ0n) is 20.6. The third-order valence-electron chi connectivity index (χ3n) is 7.53. The average Bonchev–Trinajstić information content (AvgIpc) is 3.19. The molecular formula is C29H29ClN2O5. The number of carbonyl (C=O) groups is 2. The number of H-pyrrole nitrogens is 1. The fourth-order valence-electron chi connectivity index (χ4n) is 5.49. The molecule has 8 heteroatoms. The Balaban J connectivity index is 1.38. The molecule has 3 heterocycles. The van der Waals surface area contributed by atoms with E-state index in [1.165, 1.54) is 22.9 Å². The van der Waals surface area contributed by atoms with Gasteiger partial charge < -0.3 is 14.5 Å². The van der Waals surface area contributed by atoms with Crippen molar-refractivity contribution in [3.8, 4) is 0 Å². The summed E-state index contributed by atoms with van der Waals surface area (Å²) in [4.78, 5) is 41.1. The van der Waals surface area contributed by atoms with E-state index in [-0.39, 0.29) is 23.9 Å². The molecule has 0 radical (unpaired) electrons. The lowest BCUT2D eigenvalue weighted by molar-refractivity contribution is -0.275. The van der Waals surface area contributed by atoms with E-state index in [0.717, 1.165) is 19.3 Å². The summed E-state index contributed by atoms with van der Waals surface area (Å²) in [5, 5.41) is 0.389. The molecule has 0 aliphatic carbocycles. The van der Waals surface area contributed by atoms with Gasteiger partial charge in [-0.05, 0) is 53.9 Å². The van der Waals surface area contributed by atoms with Crippen LogP contribution in [-0.2, 0) is 38.4 Å². The van der Waals surface area contributed by atoms with Gasteiger partial charge in [0.1, 0.15) is 0 Å². The Kier molecular flexibility index (Phi) is 7.17. The number of hydrogen-bond donors (Lipinski definition) is 1. The molecule has 2 saturated heterocycles. The zero-order valence-corrected chi connectivity index (χ0v) is 21.4. The van der Waals surface area contributed by atoms with Crippen LogP contribution < -0.4 is 5.56 Å². The lowest BCUT2D eigenvalue weighted by Crippen LogP contribution is -2.55. The fourth-order valence-corrected chi connectivity index (χ4v) is 5.68. The van der Waals surface area contributed by atoms with Gasteiger partial charge in [-0.25, -0.2) is 14.5 Å². The van der Waals surface area contributed by atoms with Crippen LogP contribution in [0.5, 0.6) is 0 Å². The van der Waals surface area contributed by atoms with Crippen molar-refractivity contribution < 1.29 is 19.1 Å². The van der Waals surface area contributed by atoms with E-state index >= 15 is 0 Å². The Morgan fingerprint density at radius 2 is 1.70 bits per heavy atom. The number of aromatic amines is 1. The summed E-state index contributed by atoms with van der Waals surface area (Å²) in [6, 6.07) is 20.4. The Morgan fingerprint density at radius 3 is 2.46 bits per heavy atom. The average molecular weight is 521 g/mol. The van der Waals surface area contributed by atoms with E-state index in [1.807, 2.05) is 12.1 Å². The number of hydrogen-bond acceptors (Lipinski definition) is 6. The minimum absolute atomic E-state index is 0.0884. The molecule has 37 heavy (non-hydrogen) atoms. The highest BCUT2D eigenvalue weighted by Crippen LogP contribution is 2.44. The quantitative estimate of drug-likeness (QED) is 0.362. The van der Waals surface area contributed by atoms with E-state index < -0.39 is 17.8 Å². The Morgan fingerprint density at radius 1 is 1.00 bits per heavy atom. The van der Waals surface area contributed by atoms with Crippen molar-refractivity contribution in [1.82, 2.24) is 9.88 Å². The van der Waals surface area contributed by atoms with Gasteiger partial charge in [0.15, 0.2) is 0 Å². The first-order valence-corrected chi connectivity index (χ1v) is 12.9. The van der Waals surface area contributed by atoms with Gasteiger partial charge in [-0.2, -0.15) is 0 Å². The van der Waals surface area contributed by atoms with Crippen LogP contribution in [0, 0.1) is 5.92 Å². The molecule has 2 unspecified atom stereocenters. The van der Waals surface area contributed by atoms with Crippen LogP contribution in [0.1, 0.15) is 47.9 Å². The molecule has 192 valence electrons. The summed E-state index contributed by atoms with van der Waals surface area (Å²) in [5.41, 5.74) is 3.93. The number of piperidine rings is 1. The van der Waals surface area contributed by atoms with E-state index in [4.69, 9.17) is 21.1 Å². The monoisotopic (exact) mass is 520 g/mol. The number of aryl methyl sites for hydroxylation is 2. The number of ether oxygens (including phenoxy) is 2. The van der Waals surface area contributed by atoms with E-state index in [0.29, 0.717) is 23.6 Å². The van der Waals surface area contributed by atoms with Crippen LogP contribution in [0.25, 0.3) is 0 Å². The van der Waals surface area contributed by atoms with Gasteiger partial charge in [0.25, 0.3) is 5.56 Å². The summed E-state index contributed by atoms with van der Waals surface area (Å²) < 4.78 is 11.2. The maximum atomic E-state index is 12.4. The number of pyridine rings is 1. The van der Waals surface area contributed by atoms with Gasteiger partial charge in [-0.3, -0.25) is 4.79 Å². The van der Waals surface area contributed by atoms with E-state index in [2.05, 4.69) is 54.4 Å². The lowest BCUT2D eigenvalue weighted by Gasteiger charge is -2.45. The lowest BCUT2D eigenvalue weighted by atomic mass is 9.77. The van der Waals surface area contributed by atoms with Crippen molar-refractivity contribution in [2.45, 2.75) is 51.0 Å². The molecule has 0 saturated carbocycles. The van der Waals surface area contributed by atoms with E-state index in [9.17, 15) is 14.4 Å². The molecular weight excluding hydrogens is 492 g/mol. The van der Waals surface area contributed by atoms with Crippen molar-refractivity contribution in [3.63, 3.8) is 0 Å². The number of carbonyl (C=O) groups excluding carboxylic acids is 2. The predicted molar refractivity (Wildman–Crippen MR) is 139 cm³/mol. The molecule has 2 aromatic carbocycles. The van der Waals surface area contributed by atoms with Crippen LogP contribution >= 0.6 is 11.6 Å². The summed E-state index contributed by atoms with van der Waals surface area (Å²) in [6.45, 7) is 2.79. The number of likely N-dealkylation sites (tertiary alicyclic amines) is 1. The first-order valence-electron chi connectivity index (χ1n) is 12.5. The van der Waals surface area contributed by atoms with Gasteiger partial charge >= 0.3 is 17.8 Å². The molecule has 1 aromatic heterocycles. The third kappa shape index (κ3) is 5.33. The SMILES string of the molecule is CC(c1ccccc1CCc1ccccc1)C1CCN(Cc2cc(Cl)c[nH]c2=O)C2(C1)OC(=O)C(=O)O2. The molecule has 1 N–H and O–H groups in total. The van der Waals surface area contributed by atoms with Gasteiger partial charge in [0, 0.05) is 31.3 Å². The number of halogens is 1. The third-order valence-corrected chi connectivity index (χ3v) is 7.75. The highest BCUT2D eigenvalue weighted by Gasteiger charge is 2.56. The molecule has 3 aromatic rings. The highest BCUT2D eigenvalue weighted by molar-refractivity contribution is 6.31. The van der Waals surface area contributed by atoms with Crippen LogP contribution in [0.2, 0.25) is 5.02 Å². The molecule has 0 bridgehead atoms.